The van der Waals surface area contributed by atoms with Crippen LogP contribution >= 0.6 is 23.4 Å². The zero-order valence-electron chi connectivity index (χ0n) is 11.0. The number of hydrogen-bond donors (Lipinski definition) is 1. The van der Waals surface area contributed by atoms with Crippen LogP contribution < -0.4 is 10.1 Å². The first-order valence-electron chi connectivity index (χ1n) is 5.70. The number of nitrogens with zero attached hydrogens (tertiary/aromatic N) is 3. The minimum Gasteiger partial charge on any atom is -0.495 e. The maximum Gasteiger partial charge on any atom is 0.234 e. The molecular weight excluding hydrogens is 300 g/mol. The summed E-state index contributed by atoms with van der Waals surface area (Å²) in [6, 6.07) is 5.05. The summed E-state index contributed by atoms with van der Waals surface area (Å²) in [7, 11) is 3.35. The van der Waals surface area contributed by atoms with E-state index in [1.807, 2.05) is 7.05 Å². The highest BCUT2D eigenvalue weighted by Crippen LogP contribution is 2.27. The topological polar surface area (TPSA) is 69.0 Å². The molecule has 0 spiro atoms. The van der Waals surface area contributed by atoms with Gasteiger partial charge in [0.05, 0.1) is 18.6 Å². The molecular formula is C12H13ClN4O2S. The van der Waals surface area contributed by atoms with E-state index in [0.29, 0.717) is 21.6 Å². The van der Waals surface area contributed by atoms with Gasteiger partial charge in [-0.25, -0.2) is 0 Å². The van der Waals surface area contributed by atoms with Crippen molar-refractivity contribution in [3.8, 4) is 5.75 Å². The molecule has 0 fully saturated rings. The predicted octanol–water partition coefficient (Wildman–Crippen LogP) is 2.21. The quantitative estimate of drug-likeness (QED) is 0.857. The summed E-state index contributed by atoms with van der Waals surface area (Å²) >= 11 is 7.20. The third-order valence-electron chi connectivity index (χ3n) is 2.44. The molecule has 0 aliphatic heterocycles. The molecule has 0 radical (unpaired) electrons. The van der Waals surface area contributed by atoms with Gasteiger partial charge in [0, 0.05) is 12.1 Å². The standard InChI is InChI=1S/C12H13ClN4O2S/c1-17-7-14-16-12(17)20-6-11(18)15-9-5-8(13)3-4-10(9)19-2/h3-5,7H,6H2,1-2H3,(H,15,18). The van der Waals surface area contributed by atoms with E-state index < -0.39 is 0 Å². The number of nitrogens with one attached hydrogen (secondary N) is 1. The van der Waals surface area contributed by atoms with Crippen molar-refractivity contribution < 1.29 is 9.53 Å². The first kappa shape index (κ1) is 14.7. The smallest absolute Gasteiger partial charge is 0.234 e. The van der Waals surface area contributed by atoms with Crippen molar-refractivity contribution in [2.45, 2.75) is 5.16 Å². The second-order valence-corrected chi connectivity index (χ2v) is 5.28. The maximum atomic E-state index is 11.9. The fourth-order valence-corrected chi connectivity index (χ4v) is 2.36. The van der Waals surface area contributed by atoms with Gasteiger partial charge in [0.2, 0.25) is 5.91 Å². The Kier molecular flexibility index (Phi) is 4.86. The van der Waals surface area contributed by atoms with Crippen molar-refractivity contribution in [2.24, 2.45) is 7.05 Å². The molecule has 0 unspecified atom stereocenters. The molecule has 2 rings (SSSR count). The Balaban J connectivity index is 1.98. The number of hydrogen-bond acceptors (Lipinski definition) is 5. The SMILES string of the molecule is COc1ccc(Cl)cc1NC(=O)CSc1nncn1C. The molecule has 6 nitrogen and oxygen atoms in total. The first-order valence-corrected chi connectivity index (χ1v) is 7.06. The number of methoxy groups -OCH3 is 1. The Labute approximate surface area is 125 Å². The molecule has 0 aliphatic carbocycles. The van der Waals surface area contributed by atoms with Crippen molar-refractivity contribution in [3.63, 3.8) is 0 Å². The highest BCUT2D eigenvalue weighted by molar-refractivity contribution is 7.99. The number of carbonyl (C=O) groups is 1. The van der Waals surface area contributed by atoms with E-state index in [1.54, 1.807) is 29.1 Å². The Morgan fingerprint density at radius 1 is 1.55 bits per heavy atom. The summed E-state index contributed by atoms with van der Waals surface area (Å²) in [5.74, 6) is 0.618. The lowest BCUT2D eigenvalue weighted by Crippen LogP contribution is -2.15. The molecule has 8 heteroatoms. The van der Waals surface area contributed by atoms with Gasteiger partial charge in [-0.2, -0.15) is 0 Å². The zero-order valence-corrected chi connectivity index (χ0v) is 12.5. The first-order chi connectivity index (χ1) is 9.60. The number of ether oxygens (including phenoxy) is 1. The van der Waals surface area contributed by atoms with Crippen LogP contribution in [0.2, 0.25) is 5.02 Å². The maximum absolute atomic E-state index is 11.9. The minimum absolute atomic E-state index is 0.168. The monoisotopic (exact) mass is 312 g/mol. The lowest BCUT2D eigenvalue weighted by atomic mass is 10.3. The summed E-state index contributed by atoms with van der Waals surface area (Å²) < 4.78 is 6.91. The van der Waals surface area contributed by atoms with Crippen LogP contribution in [0.5, 0.6) is 5.75 Å². The highest BCUT2D eigenvalue weighted by atomic mass is 35.5. The Morgan fingerprint density at radius 3 is 3.00 bits per heavy atom. The number of aryl methyl sites for hydroxylation is 1. The van der Waals surface area contributed by atoms with Gasteiger partial charge in [-0.1, -0.05) is 23.4 Å². The third kappa shape index (κ3) is 3.64. The van der Waals surface area contributed by atoms with Crippen LogP contribution in [0, 0.1) is 0 Å². The van der Waals surface area contributed by atoms with Crippen LogP contribution in [0.3, 0.4) is 0 Å². The average Bonchev–Trinajstić information content (AvgIpc) is 2.82. The van der Waals surface area contributed by atoms with Crippen LogP contribution in [-0.4, -0.2) is 33.5 Å². The van der Waals surface area contributed by atoms with E-state index in [9.17, 15) is 4.79 Å². The molecule has 0 aliphatic rings. The van der Waals surface area contributed by atoms with Gasteiger partial charge < -0.3 is 14.6 Å². The number of benzene rings is 1. The van der Waals surface area contributed by atoms with Crippen LogP contribution in [0.4, 0.5) is 5.69 Å². The molecule has 1 aromatic heterocycles. The zero-order chi connectivity index (χ0) is 14.5. The highest BCUT2D eigenvalue weighted by Gasteiger charge is 2.10. The number of aromatic nitrogens is 3. The van der Waals surface area contributed by atoms with Crippen LogP contribution in [0.15, 0.2) is 29.7 Å². The molecule has 20 heavy (non-hydrogen) atoms. The van der Waals surface area contributed by atoms with Crippen molar-refractivity contribution in [2.75, 3.05) is 18.2 Å². The lowest BCUT2D eigenvalue weighted by Gasteiger charge is -2.10. The van der Waals surface area contributed by atoms with Crippen molar-refractivity contribution in [3.05, 3.63) is 29.5 Å². The van der Waals surface area contributed by atoms with Crippen molar-refractivity contribution in [1.82, 2.24) is 14.8 Å². The van der Waals surface area contributed by atoms with E-state index in [4.69, 9.17) is 16.3 Å². The van der Waals surface area contributed by atoms with Gasteiger partial charge in [-0.15, -0.1) is 10.2 Å². The summed E-state index contributed by atoms with van der Waals surface area (Å²) in [6.45, 7) is 0. The van der Waals surface area contributed by atoms with Gasteiger partial charge in [-0.05, 0) is 18.2 Å². The number of amides is 1. The van der Waals surface area contributed by atoms with Gasteiger partial charge in [0.25, 0.3) is 0 Å². The fraction of sp³-hybridized carbons (Fsp3) is 0.250. The van der Waals surface area contributed by atoms with Gasteiger partial charge in [0.15, 0.2) is 5.16 Å². The van der Waals surface area contributed by atoms with E-state index in [2.05, 4.69) is 15.5 Å². The molecule has 2 aromatic rings. The summed E-state index contributed by atoms with van der Waals surface area (Å²) in [5, 5.41) is 11.6. The fourth-order valence-electron chi connectivity index (χ4n) is 1.50. The van der Waals surface area contributed by atoms with Gasteiger partial charge >= 0.3 is 0 Å². The number of carbonyl (C=O) groups excluding carboxylic acids is 1. The van der Waals surface area contributed by atoms with E-state index in [0.717, 1.165) is 0 Å². The summed E-state index contributed by atoms with van der Waals surface area (Å²) in [6.07, 6.45) is 1.58. The minimum atomic E-state index is -0.168. The van der Waals surface area contributed by atoms with Crippen LogP contribution in [-0.2, 0) is 11.8 Å². The summed E-state index contributed by atoms with van der Waals surface area (Å²) in [4.78, 5) is 11.9. The molecule has 1 amide bonds. The number of rotatable bonds is 5. The lowest BCUT2D eigenvalue weighted by molar-refractivity contribution is -0.113. The van der Waals surface area contributed by atoms with Crippen LogP contribution in [0.25, 0.3) is 0 Å². The van der Waals surface area contributed by atoms with Crippen molar-refractivity contribution >= 4 is 35.0 Å². The third-order valence-corrected chi connectivity index (χ3v) is 3.71. The largest absolute Gasteiger partial charge is 0.495 e. The van der Waals surface area contributed by atoms with E-state index >= 15 is 0 Å². The average molecular weight is 313 g/mol. The van der Waals surface area contributed by atoms with E-state index in [1.165, 1.54) is 18.9 Å². The molecule has 1 heterocycles. The van der Waals surface area contributed by atoms with E-state index in [-0.39, 0.29) is 11.7 Å². The molecule has 0 saturated carbocycles. The molecule has 0 saturated heterocycles. The van der Waals surface area contributed by atoms with Crippen LogP contribution in [0.1, 0.15) is 0 Å². The van der Waals surface area contributed by atoms with Gasteiger partial charge in [0.1, 0.15) is 12.1 Å². The normalized spacial score (nSPS) is 10.3. The number of thioether (sulfide) groups is 1. The van der Waals surface area contributed by atoms with Gasteiger partial charge in [-0.3, -0.25) is 4.79 Å². The predicted molar refractivity (Wildman–Crippen MR) is 78.4 cm³/mol. The second-order valence-electron chi connectivity index (χ2n) is 3.91. The Morgan fingerprint density at radius 2 is 2.35 bits per heavy atom. The summed E-state index contributed by atoms with van der Waals surface area (Å²) in [5.41, 5.74) is 0.545. The molecule has 1 N–H and O–H groups in total. The molecule has 0 atom stereocenters. The number of anilines is 1. The molecule has 0 bridgehead atoms. The molecule has 1 aromatic carbocycles. The van der Waals surface area contributed by atoms with Crippen molar-refractivity contribution in [1.29, 1.82) is 0 Å². The Bertz CT molecular complexity index is 617. The number of halogens is 1. The Hall–Kier alpha value is -1.73. The molecule has 106 valence electrons. The second kappa shape index (κ2) is 6.62.